The van der Waals surface area contributed by atoms with Crippen LogP contribution in [0.4, 0.5) is 4.39 Å². The van der Waals surface area contributed by atoms with Crippen LogP contribution in [0.5, 0.6) is 0 Å². The molecule has 1 unspecified atom stereocenters. The molecule has 110 valence electrons. The molecule has 2 heterocycles. The first-order valence-corrected chi connectivity index (χ1v) is 7.75. The molecule has 0 aliphatic heterocycles. The van der Waals surface area contributed by atoms with Crippen molar-refractivity contribution in [1.29, 1.82) is 0 Å². The van der Waals surface area contributed by atoms with Crippen LogP contribution in [0.15, 0.2) is 16.7 Å². The third kappa shape index (κ3) is 2.76. The zero-order chi connectivity index (χ0) is 15.1. The van der Waals surface area contributed by atoms with Crippen molar-refractivity contribution in [3.8, 4) is 0 Å². The summed E-state index contributed by atoms with van der Waals surface area (Å²) in [6.07, 6.45) is 0. The number of aromatic nitrogens is 4. The van der Waals surface area contributed by atoms with E-state index in [1.807, 2.05) is 34.1 Å². The van der Waals surface area contributed by atoms with Crippen LogP contribution in [0.25, 0.3) is 11.0 Å². The topological polar surface area (TPSA) is 56.7 Å². The quantitative estimate of drug-likeness (QED) is 0.477. The van der Waals surface area contributed by atoms with Crippen molar-refractivity contribution in [1.82, 2.24) is 19.7 Å². The minimum absolute atomic E-state index is 0.290. The fourth-order valence-corrected chi connectivity index (χ4v) is 2.77. The Labute approximate surface area is 138 Å². The number of aryl methyl sites for hydroxylation is 1. The molecule has 0 saturated heterocycles. The smallest absolute Gasteiger partial charge is 0.223 e. The van der Waals surface area contributed by atoms with Crippen molar-refractivity contribution in [3.63, 3.8) is 0 Å². The van der Waals surface area contributed by atoms with E-state index in [-0.39, 0.29) is 11.2 Å². The van der Waals surface area contributed by atoms with Gasteiger partial charge in [0.15, 0.2) is 5.82 Å². The Hall–Kier alpha value is -1.22. The predicted octanol–water partition coefficient (Wildman–Crippen LogP) is 3.82. The summed E-state index contributed by atoms with van der Waals surface area (Å²) in [4.78, 5) is 8.66. The Morgan fingerprint density at radius 3 is 2.81 bits per heavy atom. The average Bonchev–Trinajstić information content (AvgIpc) is 2.96. The van der Waals surface area contributed by atoms with Gasteiger partial charge in [0, 0.05) is 13.0 Å². The molecule has 1 aromatic carbocycles. The summed E-state index contributed by atoms with van der Waals surface area (Å²) in [5.41, 5.74) is 1.36. The largest absolute Gasteiger partial charge is 0.340 e. The third-order valence-corrected chi connectivity index (χ3v) is 4.07. The molecule has 0 spiro atoms. The highest BCUT2D eigenvalue weighted by Gasteiger charge is 2.18. The Morgan fingerprint density at radius 2 is 2.19 bits per heavy atom. The van der Waals surface area contributed by atoms with Crippen LogP contribution in [0.1, 0.15) is 29.8 Å². The average molecular weight is 421 g/mol. The number of hydrogen-bond donors (Lipinski definition) is 0. The highest BCUT2D eigenvalue weighted by molar-refractivity contribution is 14.1. The molecule has 0 aliphatic carbocycles. The first kappa shape index (κ1) is 14.7. The zero-order valence-corrected chi connectivity index (χ0v) is 14.2. The summed E-state index contributed by atoms with van der Waals surface area (Å²) in [6, 6.07) is 3.16. The van der Waals surface area contributed by atoms with Gasteiger partial charge in [-0.2, -0.15) is 4.98 Å². The Balaban J connectivity index is 2.17. The second-order valence-corrected chi connectivity index (χ2v) is 6.47. The van der Waals surface area contributed by atoms with Crippen molar-refractivity contribution < 1.29 is 8.91 Å². The molecule has 0 bridgehead atoms. The van der Waals surface area contributed by atoms with E-state index in [1.54, 1.807) is 13.0 Å². The van der Waals surface area contributed by atoms with Gasteiger partial charge < -0.3 is 9.09 Å². The van der Waals surface area contributed by atoms with Crippen LogP contribution >= 0.6 is 34.2 Å². The molecule has 3 aromatic rings. The Bertz CT molecular complexity index is 814. The lowest BCUT2D eigenvalue weighted by atomic mass is 10.3. The molecular formula is C13H11ClFIN4O. The summed E-state index contributed by atoms with van der Waals surface area (Å²) in [5.74, 6) is 1.35. The Kier molecular flexibility index (Phi) is 3.87. The summed E-state index contributed by atoms with van der Waals surface area (Å²) in [7, 11) is 0. The standard InChI is InChI=1S/C13H11ClFIN4O/c1-6(14)13-18-10-4-9(16)8(15)3-11(10)20(13)5-12-17-7(2)21-19-12/h3-4,6H,5H2,1-2H3. The molecule has 1 atom stereocenters. The number of nitrogens with zero attached hydrogens (tertiary/aromatic N) is 4. The van der Waals surface area contributed by atoms with Gasteiger partial charge in [0.1, 0.15) is 11.6 Å². The van der Waals surface area contributed by atoms with Gasteiger partial charge in [-0.3, -0.25) is 0 Å². The molecule has 0 radical (unpaired) electrons. The molecule has 8 heteroatoms. The molecule has 0 fully saturated rings. The van der Waals surface area contributed by atoms with E-state index >= 15 is 0 Å². The predicted molar refractivity (Wildman–Crippen MR) is 84.8 cm³/mol. The number of hydrogen-bond acceptors (Lipinski definition) is 4. The first-order valence-electron chi connectivity index (χ1n) is 6.24. The summed E-state index contributed by atoms with van der Waals surface area (Å²) < 4.78 is 21.2. The number of imidazole rings is 1. The minimum Gasteiger partial charge on any atom is -0.340 e. The highest BCUT2D eigenvalue weighted by Crippen LogP contribution is 2.27. The van der Waals surface area contributed by atoms with Gasteiger partial charge >= 0.3 is 0 Å². The molecular weight excluding hydrogens is 410 g/mol. The molecule has 0 saturated carbocycles. The molecule has 0 N–H and O–H groups in total. The van der Waals surface area contributed by atoms with E-state index in [0.717, 1.165) is 0 Å². The van der Waals surface area contributed by atoms with Gasteiger partial charge in [0.25, 0.3) is 0 Å². The fourth-order valence-electron chi connectivity index (χ4n) is 2.16. The number of fused-ring (bicyclic) bond motifs is 1. The molecule has 0 aliphatic rings. The van der Waals surface area contributed by atoms with Gasteiger partial charge in [-0.25, -0.2) is 9.37 Å². The summed E-state index contributed by atoms with van der Waals surface area (Å²) >= 11 is 8.13. The second kappa shape index (κ2) is 5.53. The van der Waals surface area contributed by atoms with Gasteiger partial charge in [0.05, 0.1) is 26.5 Å². The third-order valence-electron chi connectivity index (χ3n) is 3.04. The normalized spacial score (nSPS) is 13.0. The van der Waals surface area contributed by atoms with Gasteiger partial charge in [0.2, 0.25) is 5.89 Å². The lowest BCUT2D eigenvalue weighted by molar-refractivity contribution is 0.386. The lowest BCUT2D eigenvalue weighted by Gasteiger charge is -2.08. The van der Waals surface area contributed by atoms with Crippen LogP contribution in [0.3, 0.4) is 0 Å². The maximum atomic E-state index is 13.9. The van der Waals surface area contributed by atoms with Crippen LogP contribution in [0.2, 0.25) is 0 Å². The van der Waals surface area contributed by atoms with E-state index in [4.69, 9.17) is 16.1 Å². The van der Waals surface area contributed by atoms with Crippen molar-refractivity contribution in [2.24, 2.45) is 0 Å². The first-order chi connectivity index (χ1) is 9.95. The van der Waals surface area contributed by atoms with Gasteiger partial charge in [-0.1, -0.05) is 5.16 Å². The van der Waals surface area contributed by atoms with Crippen LogP contribution in [-0.4, -0.2) is 19.7 Å². The van der Waals surface area contributed by atoms with Crippen molar-refractivity contribution >= 4 is 45.2 Å². The SMILES string of the molecule is Cc1nc(Cn2c(C(C)Cl)nc3cc(I)c(F)cc32)no1. The number of halogens is 3. The van der Waals surface area contributed by atoms with E-state index < -0.39 is 0 Å². The monoisotopic (exact) mass is 420 g/mol. The number of benzene rings is 1. The second-order valence-electron chi connectivity index (χ2n) is 4.66. The zero-order valence-electron chi connectivity index (χ0n) is 11.3. The molecule has 3 rings (SSSR count). The van der Waals surface area contributed by atoms with Crippen LogP contribution < -0.4 is 0 Å². The van der Waals surface area contributed by atoms with Crippen molar-refractivity contribution in [3.05, 3.63) is 39.1 Å². The minimum atomic E-state index is -0.314. The molecule has 0 amide bonds. The van der Waals surface area contributed by atoms with Crippen LogP contribution in [0, 0.1) is 16.3 Å². The molecule has 21 heavy (non-hydrogen) atoms. The van der Waals surface area contributed by atoms with Crippen molar-refractivity contribution in [2.45, 2.75) is 25.8 Å². The highest BCUT2D eigenvalue weighted by atomic mass is 127. The maximum absolute atomic E-state index is 13.9. The molecule has 5 nitrogen and oxygen atoms in total. The summed E-state index contributed by atoms with van der Waals surface area (Å²) in [6.45, 7) is 3.87. The van der Waals surface area contributed by atoms with E-state index in [2.05, 4.69) is 15.1 Å². The lowest BCUT2D eigenvalue weighted by Crippen LogP contribution is -2.07. The number of rotatable bonds is 3. The summed E-state index contributed by atoms with van der Waals surface area (Å²) in [5, 5.41) is 3.55. The maximum Gasteiger partial charge on any atom is 0.223 e. The van der Waals surface area contributed by atoms with E-state index in [9.17, 15) is 4.39 Å². The van der Waals surface area contributed by atoms with Crippen molar-refractivity contribution in [2.75, 3.05) is 0 Å². The van der Waals surface area contributed by atoms with Crippen LogP contribution in [-0.2, 0) is 6.54 Å². The van der Waals surface area contributed by atoms with Gasteiger partial charge in [-0.15, -0.1) is 11.6 Å². The van der Waals surface area contributed by atoms with E-state index in [1.165, 1.54) is 6.07 Å². The Morgan fingerprint density at radius 1 is 1.43 bits per heavy atom. The number of alkyl halides is 1. The van der Waals surface area contributed by atoms with Gasteiger partial charge in [-0.05, 0) is 35.6 Å². The fraction of sp³-hybridized carbons (Fsp3) is 0.308. The van der Waals surface area contributed by atoms with E-state index in [0.29, 0.717) is 38.7 Å². The molecule has 2 aromatic heterocycles.